The molecule has 3 saturated carbocycles. The van der Waals surface area contributed by atoms with E-state index in [1.807, 2.05) is 0 Å². The number of carbonyl (C=O) groups excluding carboxylic acids is 2. The van der Waals surface area contributed by atoms with E-state index in [0.29, 0.717) is 17.3 Å². The summed E-state index contributed by atoms with van der Waals surface area (Å²) in [7, 11) is 3.59. The highest BCUT2D eigenvalue weighted by molar-refractivity contribution is 5.84. The Morgan fingerprint density at radius 3 is 2.34 bits per heavy atom. The van der Waals surface area contributed by atoms with Crippen LogP contribution < -0.4 is 4.90 Å². The molecule has 2 bridgehead atoms. The number of amides is 1. The maximum Gasteiger partial charge on any atom is 0.411 e. The Balaban J connectivity index is 1.92. The van der Waals surface area contributed by atoms with E-state index in [4.69, 9.17) is 9.47 Å². The first-order valence-electron chi connectivity index (χ1n) is 12.2. The number of carbonyl (C=O) groups is 2. The van der Waals surface area contributed by atoms with Gasteiger partial charge >= 0.3 is 12.1 Å². The predicted octanol–water partition coefficient (Wildman–Crippen LogP) is 3.82. The first-order valence-corrected chi connectivity index (χ1v) is 12.2. The lowest BCUT2D eigenvalue weighted by Crippen LogP contribution is -2.63. The molecule has 1 amide bonds. The molecule has 0 aromatic carbocycles. The second-order valence-corrected chi connectivity index (χ2v) is 11.7. The summed E-state index contributed by atoms with van der Waals surface area (Å²) in [5.41, 5.74) is -0.655. The number of hydrogen-bond acceptors (Lipinski definition) is 8. The summed E-state index contributed by atoms with van der Waals surface area (Å²) in [5, 5.41) is 12.8. The van der Waals surface area contributed by atoms with Gasteiger partial charge in [0.05, 0.1) is 12.0 Å². The van der Waals surface area contributed by atoms with Crippen molar-refractivity contribution >= 4 is 17.9 Å². The summed E-state index contributed by atoms with van der Waals surface area (Å²) in [6.07, 6.45) is 2.87. The molecule has 10 heteroatoms. The maximum atomic E-state index is 13.7. The molecule has 2 heterocycles. The summed E-state index contributed by atoms with van der Waals surface area (Å²) in [4.78, 5) is 47.3. The third-order valence-corrected chi connectivity index (χ3v) is 7.42. The largest absolute Gasteiger partial charge is 0.458 e. The van der Waals surface area contributed by atoms with Crippen molar-refractivity contribution in [3.63, 3.8) is 0 Å². The summed E-state index contributed by atoms with van der Waals surface area (Å²) in [6, 6.07) is 0.0882. The molecule has 0 spiro atoms. The van der Waals surface area contributed by atoms with Crippen LogP contribution in [0.2, 0.25) is 0 Å². The smallest absolute Gasteiger partial charge is 0.411 e. The van der Waals surface area contributed by atoms with E-state index in [0.717, 1.165) is 19.3 Å². The molecule has 192 valence electrons. The van der Waals surface area contributed by atoms with Crippen LogP contribution in [0, 0.1) is 27.4 Å². The third-order valence-electron chi connectivity index (χ3n) is 7.42. The monoisotopic (exact) mass is 488 g/mol. The molecule has 0 N–H and O–H groups in total. The van der Waals surface area contributed by atoms with Gasteiger partial charge in [0.15, 0.2) is 0 Å². The number of hydrogen-bond donors (Lipinski definition) is 0. The number of pyridine rings is 1. The Bertz CT molecular complexity index is 1000. The van der Waals surface area contributed by atoms with Gasteiger partial charge in [0.1, 0.15) is 23.5 Å². The van der Waals surface area contributed by atoms with Crippen LogP contribution in [0.4, 0.5) is 10.6 Å². The van der Waals surface area contributed by atoms with Crippen LogP contribution in [0.5, 0.6) is 0 Å². The second kappa shape index (κ2) is 8.64. The van der Waals surface area contributed by atoms with Gasteiger partial charge in [0.25, 0.3) is 0 Å². The number of esters is 1. The molecular weight excluding hydrogens is 452 g/mol. The molecule has 5 rings (SSSR count). The highest BCUT2D eigenvalue weighted by Crippen LogP contribution is 2.72. The van der Waals surface area contributed by atoms with Gasteiger partial charge in [-0.25, -0.2) is 14.6 Å². The van der Waals surface area contributed by atoms with Gasteiger partial charge in [0, 0.05) is 30.8 Å². The Kier molecular flexibility index (Phi) is 6.22. The fourth-order valence-electron chi connectivity index (χ4n) is 6.25. The molecule has 1 aliphatic heterocycles. The van der Waals surface area contributed by atoms with Crippen LogP contribution in [0.3, 0.4) is 0 Å². The Labute approximate surface area is 206 Å². The molecule has 4 atom stereocenters. The topological polar surface area (TPSA) is 115 Å². The lowest BCUT2D eigenvalue weighted by atomic mass is 9.39. The van der Waals surface area contributed by atoms with E-state index >= 15 is 0 Å². The van der Waals surface area contributed by atoms with Crippen molar-refractivity contribution < 1.29 is 24.0 Å². The van der Waals surface area contributed by atoms with E-state index in [2.05, 4.69) is 4.98 Å². The van der Waals surface area contributed by atoms with Gasteiger partial charge in [-0.1, -0.05) is 6.07 Å². The second-order valence-electron chi connectivity index (χ2n) is 11.7. The zero-order valence-corrected chi connectivity index (χ0v) is 21.6. The molecule has 0 radical (unpaired) electrons. The molecule has 4 aliphatic rings. The van der Waals surface area contributed by atoms with Crippen molar-refractivity contribution in [2.24, 2.45) is 17.3 Å². The average Bonchev–Trinajstić information content (AvgIpc) is 2.99. The molecule has 35 heavy (non-hydrogen) atoms. The first-order chi connectivity index (χ1) is 16.3. The van der Waals surface area contributed by atoms with Crippen molar-refractivity contribution in [3.05, 3.63) is 34.0 Å². The van der Waals surface area contributed by atoms with Crippen LogP contribution in [-0.4, -0.2) is 64.8 Å². The number of ether oxygens (including phenoxy) is 2. The molecule has 3 aliphatic carbocycles. The molecule has 0 unspecified atom stereocenters. The summed E-state index contributed by atoms with van der Waals surface area (Å²) in [5.74, 6) is -0.268. The van der Waals surface area contributed by atoms with Gasteiger partial charge in [-0.3, -0.25) is 15.0 Å². The maximum absolute atomic E-state index is 13.7. The van der Waals surface area contributed by atoms with Crippen molar-refractivity contribution in [1.29, 1.82) is 0 Å². The van der Waals surface area contributed by atoms with Crippen molar-refractivity contribution in [2.75, 3.05) is 19.0 Å². The Morgan fingerprint density at radius 2 is 1.89 bits per heavy atom. The van der Waals surface area contributed by atoms with Crippen molar-refractivity contribution in [2.45, 2.75) is 83.7 Å². The standard InChI is InChI=1S/C25H36N4O6/c1-14(2)34-23(31)28-18(16-9-8-10-26-21(16)27(6)7)19(29(32)33)17(25-11-15(12-25)13-25)20(28)22(30)35-24(3,4)5/h8-10,14-15,17-20H,11-13H2,1-7H3/t15?,17-,18-,19-,20-,25?/m0/s1. The number of nitrogens with zero attached hydrogens (tertiary/aromatic N) is 4. The van der Waals surface area contributed by atoms with Crippen LogP contribution in [0.15, 0.2) is 18.3 Å². The van der Waals surface area contributed by atoms with Gasteiger partial charge < -0.3 is 14.4 Å². The van der Waals surface area contributed by atoms with Crippen LogP contribution in [0.25, 0.3) is 0 Å². The molecule has 1 saturated heterocycles. The number of nitro groups is 1. The minimum atomic E-state index is -1.20. The van der Waals surface area contributed by atoms with E-state index in [9.17, 15) is 19.7 Å². The summed E-state index contributed by atoms with van der Waals surface area (Å²) >= 11 is 0. The van der Waals surface area contributed by atoms with Crippen LogP contribution in [-0.2, 0) is 14.3 Å². The minimum absolute atomic E-state index is 0.317. The normalized spacial score (nSPS) is 31.4. The predicted molar refractivity (Wildman–Crippen MR) is 128 cm³/mol. The van der Waals surface area contributed by atoms with Gasteiger partial charge in [-0.05, 0) is 71.3 Å². The van der Waals surface area contributed by atoms with Gasteiger partial charge in [-0.15, -0.1) is 0 Å². The lowest BCUT2D eigenvalue weighted by molar-refractivity contribution is -0.541. The van der Waals surface area contributed by atoms with E-state index in [1.165, 1.54) is 4.90 Å². The first kappa shape index (κ1) is 25.2. The highest BCUT2D eigenvalue weighted by Gasteiger charge is 2.74. The zero-order chi connectivity index (χ0) is 25.9. The Morgan fingerprint density at radius 1 is 1.26 bits per heavy atom. The number of rotatable bonds is 6. The van der Waals surface area contributed by atoms with Gasteiger partial charge in [-0.2, -0.15) is 0 Å². The molecular formula is C25H36N4O6. The number of anilines is 1. The van der Waals surface area contributed by atoms with E-state index in [1.54, 1.807) is 71.9 Å². The average molecular weight is 489 g/mol. The Hall–Kier alpha value is -2.91. The molecule has 10 nitrogen and oxygen atoms in total. The molecule has 4 fully saturated rings. The fraction of sp³-hybridized carbons (Fsp3) is 0.720. The summed E-state index contributed by atoms with van der Waals surface area (Å²) < 4.78 is 11.3. The highest BCUT2D eigenvalue weighted by atomic mass is 16.6. The minimum Gasteiger partial charge on any atom is -0.458 e. The van der Waals surface area contributed by atoms with Gasteiger partial charge in [0.2, 0.25) is 6.04 Å². The SMILES string of the molecule is CC(C)OC(=O)N1[C@H](C(=O)OC(C)(C)C)[C@@H](C23CC(C2)C3)[C@H]([N+](=O)[O-])[C@@H]1c1cccnc1N(C)C. The third kappa shape index (κ3) is 4.31. The number of likely N-dealkylation sites (tertiary alicyclic amines) is 1. The molecule has 1 aromatic heterocycles. The van der Waals surface area contributed by atoms with Crippen LogP contribution >= 0.6 is 0 Å². The van der Waals surface area contributed by atoms with E-state index in [-0.39, 0.29) is 10.3 Å². The lowest BCUT2D eigenvalue weighted by Gasteiger charge is -2.65. The number of aromatic nitrogens is 1. The van der Waals surface area contributed by atoms with Crippen molar-refractivity contribution in [1.82, 2.24) is 9.88 Å². The zero-order valence-electron chi connectivity index (χ0n) is 21.6. The summed E-state index contributed by atoms with van der Waals surface area (Å²) in [6.45, 7) is 8.68. The quantitative estimate of drug-likeness (QED) is 0.337. The fourth-order valence-corrected chi connectivity index (χ4v) is 6.25. The van der Waals surface area contributed by atoms with Crippen LogP contribution in [0.1, 0.15) is 65.5 Å². The molecule has 1 aromatic rings. The van der Waals surface area contributed by atoms with Crippen molar-refractivity contribution in [3.8, 4) is 0 Å². The van der Waals surface area contributed by atoms with E-state index < -0.39 is 47.8 Å².